The number of halogens is 1. The van der Waals surface area contributed by atoms with E-state index in [1.165, 1.54) is 4.68 Å². The van der Waals surface area contributed by atoms with Crippen LogP contribution in [0.25, 0.3) is 0 Å². The number of rotatable bonds is 4. The van der Waals surface area contributed by atoms with Crippen LogP contribution in [0.15, 0.2) is 23.2 Å². The molecule has 8 nitrogen and oxygen atoms in total. The average Bonchev–Trinajstić information content (AvgIpc) is 3.35. The Morgan fingerprint density at radius 1 is 1.33 bits per heavy atom. The van der Waals surface area contributed by atoms with Crippen LogP contribution < -0.4 is 10.0 Å². The van der Waals surface area contributed by atoms with Gasteiger partial charge in [-0.25, -0.2) is 17.5 Å². The Hall–Kier alpha value is -2.75. The molecule has 1 fully saturated rings. The number of nitrogens with zero attached hydrogens (tertiary/aromatic N) is 2. The normalized spacial score (nSPS) is 16.6. The third-order valence-corrected chi connectivity index (χ3v) is 6.12. The van der Waals surface area contributed by atoms with Crippen molar-refractivity contribution < 1.29 is 22.4 Å². The predicted octanol–water partition coefficient (Wildman–Crippen LogP) is 1.44. The Labute approximate surface area is 154 Å². The number of amides is 2. The monoisotopic (exact) mass is 392 g/mol. The third-order valence-electron chi connectivity index (χ3n) is 4.77. The molecule has 0 bridgehead atoms. The van der Waals surface area contributed by atoms with Gasteiger partial charge in [-0.3, -0.25) is 14.3 Å². The maximum absolute atomic E-state index is 14.4. The van der Waals surface area contributed by atoms with Gasteiger partial charge in [0, 0.05) is 24.7 Å². The summed E-state index contributed by atoms with van der Waals surface area (Å²) >= 11 is 0. The molecule has 10 heteroatoms. The number of fused-ring (bicyclic) bond motifs is 1. The molecule has 27 heavy (non-hydrogen) atoms. The fraction of sp³-hybridized carbons (Fsp3) is 0.353. The zero-order valence-electron chi connectivity index (χ0n) is 14.5. The van der Waals surface area contributed by atoms with Crippen LogP contribution in [0.3, 0.4) is 0 Å². The first-order chi connectivity index (χ1) is 12.8. The molecule has 1 aromatic heterocycles. The molecule has 1 saturated carbocycles. The van der Waals surface area contributed by atoms with Crippen LogP contribution in [0.1, 0.15) is 46.8 Å². The maximum atomic E-state index is 14.4. The van der Waals surface area contributed by atoms with Gasteiger partial charge in [0.2, 0.25) is 5.91 Å². The number of nitrogens with one attached hydrogen (secondary N) is 2. The molecule has 2 aliphatic rings. The highest BCUT2D eigenvalue weighted by atomic mass is 32.2. The maximum Gasteiger partial charge on any atom is 0.283 e. The molecular weight excluding hydrogens is 375 g/mol. The number of anilines is 1. The zero-order valence-corrected chi connectivity index (χ0v) is 15.3. The Morgan fingerprint density at radius 3 is 2.78 bits per heavy atom. The Bertz CT molecular complexity index is 1070. The van der Waals surface area contributed by atoms with Crippen molar-refractivity contribution in [3.05, 3.63) is 41.0 Å². The second kappa shape index (κ2) is 6.15. The van der Waals surface area contributed by atoms with E-state index in [2.05, 4.69) is 10.4 Å². The fourth-order valence-corrected chi connectivity index (χ4v) is 4.30. The molecule has 0 atom stereocenters. The first-order valence-corrected chi connectivity index (χ1v) is 9.96. The van der Waals surface area contributed by atoms with Gasteiger partial charge in [0.15, 0.2) is 0 Å². The summed E-state index contributed by atoms with van der Waals surface area (Å²) in [6, 6.07) is 2.12. The number of hydrogen-bond donors (Lipinski definition) is 2. The van der Waals surface area contributed by atoms with Crippen molar-refractivity contribution in [3.63, 3.8) is 0 Å². The third kappa shape index (κ3) is 3.20. The molecule has 1 aromatic carbocycles. The lowest BCUT2D eigenvalue weighted by molar-refractivity contribution is -0.116. The first kappa shape index (κ1) is 17.7. The highest BCUT2D eigenvalue weighted by Crippen LogP contribution is 2.41. The summed E-state index contributed by atoms with van der Waals surface area (Å²) in [7, 11) is -2.88. The summed E-state index contributed by atoms with van der Waals surface area (Å²) in [6.45, 7) is 0. The topological polar surface area (TPSA) is 110 Å². The van der Waals surface area contributed by atoms with E-state index in [0.29, 0.717) is 17.5 Å². The standard InChI is InChI=1S/C17H17FN4O4S/c1-22-16(11(8-19-22)9-2-3-9)17(24)21-27(25,26)14-6-10-4-5-15(23)20-13(10)7-12(14)18/h6-9H,2-5H2,1H3,(H,20,23)(H,21,24). The zero-order chi connectivity index (χ0) is 19.3. The smallest absolute Gasteiger partial charge is 0.283 e. The highest BCUT2D eigenvalue weighted by molar-refractivity contribution is 7.90. The number of hydrogen-bond acceptors (Lipinski definition) is 5. The number of carbonyl (C=O) groups is 2. The van der Waals surface area contributed by atoms with Crippen LogP contribution >= 0.6 is 0 Å². The summed E-state index contributed by atoms with van der Waals surface area (Å²) in [5.41, 5.74) is 1.60. The van der Waals surface area contributed by atoms with Gasteiger partial charge in [-0.05, 0) is 42.9 Å². The average molecular weight is 392 g/mol. The molecule has 4 rings (SSSR count). The molecule has 1 aliphatic heterocycles. The Kier molecular flexibility index (Phi) is 4.02. The quantitative estimate of drug-likeness (QED) is 0.818. The van der Waals surface area contributed by atoms with Crippen molar-refractivity contribution in [2.24, 2.45) is 7.05 Å². The summed E-state index contributed by atoms with van der Waals surface area (Å²) in [6.07, 6.45) is 3.88. The molecule has 0 spiro atoms. The van der Waals surface area contributed by atoms with Crippen LogP contribution in [0.4, 0.5) is 10.1 Å². The van der Waals surface area contributed by atoms with Gasteiger partial charge in [-0.2, -0.15) is 5.10 Å². The summed E-state index contributed by atoms with van der Waals surface area (Å²) < 4.78 is 42.9. The van der Waals surface area contributed by atoms with Gasteiger partial charge in [0.25, 0.3) is 15.9 Å². The van der Waals surface area contributed by atoms with Gasteiger partial charge in [-0.15, -0.1) is 0 Å². The van der Waals surface area contributed by atoms with Crippen molar-refractivity contribution in [2.45, 2.75) is 36.5 Å². The fourth-order valence-electron chi connectivity index (χ4n) is 3.24. The molecular formula is C17H17FN4O4S. The largest absolute Gasteiger partial charge is 0.326 e. The molecule has 2 amide bonds. The van der Waals surface area contributed by atoms with Crippen molar-refractivity contribution in [1.82, 2.24) is 14.5 Å². The number of carbonyl (C=O) groups excluding carboxylic acids is 2. The van der Waals surface area contributed by atoms with Crippen LogP contribution in [0, 0.1) is 5.82 Å². The second-order valence-corrected chi connectivity index (χ2v) is 8.42. The second-order valence-electron chi connectivity index (χ2n) is 6.77. The molecule has 0 radical (unpaired) electrons. The Morgan fingerprint density at radius 2 is 2.07 bits per heavy atom. The van der Waals surface area contributed by atoms with E-state index in [9.17, 15) is 22.4 Å². The minimum atomic E-state index is -4.43. The van der Waals surface area contributed by atoms with Gasteiger partial charge in [0.05, 0.1) is 6.20 Å². The predicted molar refractivity (Wildman–Crippen MR) is 93.2 cm³/mol. The summed E-state index contributed by atoms with van der Waals surface area (Å²) in [4.78, 5) is 23.4. The van der Waals surface area contributed by atoms with E-state index in [-0.39, 0.29) is 29.6 Å². The van der Waals surface area contributed by atoms with E-state index in [0.717, 1.165) is 25.0 Å². The van der Waals surface area contributed by atoms with Gasteiger partial charge < -0.3 is 5.32 Å². The number of aromatic nitrogens is 2. The van der Waals surface area contributed by atoms with Crippen LogP contribution in [0.2, 0.25) is 0 Å². The molecule has 2 N–H and O–H groups in total. The molecule has 1 aliphatic carbocycles. The summed E-state index contributed by atoms with van der Waals surface area (Å²) in [5, 5.41) is 6.53. The summed E-state index contributed by atoms with van der Waals surface area (Å²) in [5.74, 6) is -1.94. The number of sulfonamides is 1. The number of benzene rings is 1. The SMILES string of the molecule is Cn1ncc(C2CC2)c1C(=O)NS(=O)(=O)c1cc2c(cc1F)NC(=O)CC2. The van der Waals surface area contributed by atoms with E-state index in [1.54, 1.807) is 13.2 Å². The minimum absolute atomic E-state index is 0.159. The van der Waals surface area contributed by atoms with Crippen molar-refractivity contribution in [1.29, 1.82) is 0 Å². The molecule has 0 saturated heterocycles. The van der Waals surface area contributed by atoms with Crippen molar-refractivity contribution in [2.75, 3.05) is 5.32 Å². The van der Waals surface area contributed by atoms with Crippen molar-refractivity contribution in [3.8, 4) is 0 Å². The van der Waals surface area contributed by atoms with Gasteiger partial charge >= 0.3 is 0 Å². The molecule has 142 valence electrons. The van der Waals surface area contributed by atoms with E-state index >= 15 is 0 Å². The van der Waals surface area contributed by atoms with E-state index in [1.807, 2.05) is 4.72 Å². The number of aryl methyl sites for hydroxylation is 2. The van der Waals surface area contributed by atoms with E-state index in [4.69, 9.17) is 0 Å². The Balaban J connectivity index is 1.65. The molecule has 0 unspecified atom stereocenters. The van der Waals surface area contributed by atoms with Crippen molar-refractivity contribution >= 4 is 27.5 Å². The highest BCUT2D eigenvalue weighted by Gasteiger charge is 2.33. The van der Waals surface area contributed by atoms with E-state index < -0.39 is 26.6 Å². The van der Waals surface area contributed by atoms with Crippen LogP contribution in [-0.4, -0.2) is 30.0 Å². The van der Waals surface area contributed by atoms with Gasteiger partial charge in [0.1, 0.15) is 16.4 Å². The lowest BCUT2D eigenvalue weighted by atomic mass is 10.0. The van der Waals surface area contributed by atoms with Crippen LogP contribution in [0.5, 0.6) is 0 Å². The lowest BCUT2D eigenvalue weighted by Crippen LogP contribution is -2.33. The van der Waals surface area contributed by atoms with Gasteiger partial charge in [-0.1, -0.05) is 0 Å². The lowest BCUT2D eigenvalue weighted by Gasteiger charge is -2.18. The van der Waals surface area contributed by atoms with Crippen LogP contribution in [-0.2, 0) is 28.3 Å². The molecule has 2 aromatic rings. The molecule has 2 heterocycles. The minimum Gasteiger partial charge on any atom is -0.326 e. The first-order valence-electron chi connectivity index (χ1n) is 8.47.